The van der Waals surface area contributed by atoms with Gasteiger partial charge in [0, 0.05) is 38.8 Å². The lowest BCUT2D eigenvalue weighted by Gasteiger charge is -2.39. The molecule has 2 rings (SSSR count). The Morgan fingerprint density at radius 3 is 2.41 bits per heavy atom. The van der Waals surface area contributed by atoms with Crippen LogP contribution in [0.4, 0.5) is 0 Å². The van der Waals surface area contributed by atoms with Crippen molar-refractivity contribution in [3.63, 3.8) is 0 Å². The average molecular weight is 333 g/mol. The summed E-state index contributed by atoms with van der Waals surface area (Å²) in [6.07, 6.45) is 2.47. The van der Waals surface area contributed by atoms with Crippen molar-refractivity contribution in [3.8, 4) is 0 Å². The molecular weight excluding hydrogens is 302 g/mol. The lowest BCUT2D eigenvalue weighted by Crippen LogP contribution is -2.54. The van der Waals surface area contributed by atoms with Gasteiger partial charge in [0.2, 0.25) is 0 Å². The average Bonchev–Trinajstić information content (AvgIpc) is 2.44. The molecule has 1 N–H and O–H groups in total. The first-order chi connectivity index (χ1) is 10.3. The van der Waals surface area contributed by atoms with Gasteiger partial charge in [-0.15, -0.1) is 0 Å². The van der Waals surface area contributed by atoms with Crippen LogP contribution in [0.25, 0.3) is 0 Å². The summed E-state index contributed by atoms with van der Waals surface area (Å²) < 4.78 is 35.0. The van der Waals surface area contributed by atoms with Crippen LogP contribution in [-0.4, -0.2) is 68.6 Å². The largest absolute Gasteiger partial charge is 0.373 e. The molecule has 2 fully saturated rings. The van der Waals surface area contributed by atoms with Crippen LogP contribution in [-0.2, 0) is 14.9 Å². The van der Waals surface area contributed by atoms with Crippen LogP contribution < -0.4 is 4.72 Å². The van der Waals surface area contributed by atoms with E-state index in [-0.39, 0.29) is 18.2 Å². The van der Waals surface area contributed by atoms with E-state index in [1.165, 1.54) is 0 Å². The van der Waals surface area contributed by atoms with Crippen molar-refractivity contribution >= 4 is 10.2 Å². The summed E-state index contributed by atoms with van der Waals surface area (Å²) in [5, 5.41) is 0. The molecule has 22 heavy (non-hydrogen) atoms. The van der Waals surface area contributed by atoms with Gasteiger partial charge in [-0.25, -0.2) is 4.72 Å². The Morgan fingerprint density at radius 2 is 1.82 bits per heavy atom. The molecule has 0 amide bonds. The molecule has 0 aromatic rings. The van der Waals surface area contributed by atoms with Crippen LogP contribution >= 0.6 is 0 Å². The molecular formula is C15H31N3O3S. The van der Waals surface area contributed by atoms with Gasteiger partial charge in [0.15, 0.2) is 0 Å². The van der Waals surface area contributed by atoms with Crippen LogP contribution in [0.3, 0.4) is 0 Å². The minimum Gasteiger partial charge on any atom is -0.373 e. The molecule has 2 aliphatic rings. The maximum Gasteiger partial charge on any atom is 0.279 e. The number of morpholine rings is 1. The first-order valence-electron chi connectivity index (χ1n) is 8.42. The highest BCUT2D eigenvalue weighted by molar-refractivity contribution is 7.87. The third-order valence-electron chi connectivity index (χ3n) is 4.59. The van der Waals surface area contributed by atoms with Gasteiger partial charge < -0.3 is 4.74 Å². The van der Waals surface area contributed by atoms with Crippen molar-refractivity contribution in [2.24, 2.45) is 5.92 Å². The molecule has 0 spiro atoms. The number of nitrogens with one attached hydrogen (secondary N) is 1. The van der Waals surface area contributed by atoms with E-state index in [0.717, 1.165) is 25.9 Å². The normalized spacial score (nSPS) is 33.7. The van der Waals surface area contributed by atoms with E-state index in [1.807, 2.05) is 0 Å². The zero-order valence-electron chi connectivity index (χ0n) is 14.3. The van der Waals surface area contributed by atoms with Crippen LogP contribution in [0.15, 0.2) is 0 Å². The Bertz CT molecular complexity index is 447. The van der Waals surface area contributed by atoms with Crippen LogP contribution in [0.5, 0.6) is 0 Å². The summed E-state index contributed by atoms with van der Waals surface area (Å²) in [5.74, 6) is 0.448. The first-order valence-corrected chi connectivity index (χ1v) is 9.86. The molecule has 130 valence electrons. The molecule has 2 saturated heterocycles. The van der Waals surface area contributed by atoms with E-state index in [4.69, 9.17) is 4.74 Å². The van der Waals surface area contributed by atoms with Crippen molar-refractivity contribution in [3.05, 3.63) is 0 Å². The number of hydrogen-bond donors (Lipinski definition) is 1. The topological polar surface area (TPSA) is 61.9 Å². The minimum atomic E-state index is -3.35. The molecule has 2 aliphatic heterocycles. The van der Waals surface area contributed by atoms with E-state index in [2.05, 4.69) is 37.3 Å². The SMILES string of the molecule is C[C@@H]1CCCN(S(=O)(=O)NC[C@H](C)N2C[C@@H](C)O[C@@H](C)C2)C1. The standard InChI is InChI=1S/C15H31N3O3S/c1-12-6-5-7-18(9-12)22(19,20)16-8-13(2)17-10-14(3)21-15(4)11-17/h12-16H,5-11H2,1-4H3/t12-,13+,14-,15+/m1/s1. The first kappa shape index (κ1) is 18.1. The van der Waals surface area contributed by atoms with Gasteiger partial charge in [-0.05, 0) is 39.5 Å². The summed E-state index contributed by atoms with van der Waals surface area (Å²) in [7, 11) is -3.35. The summed E-state index contributed by atoms with van der Waals surface area (Å²) in [4.78, 5) is 2.31. The molecule has 0 aromatic heterocycles. The number of rotatable bonds is 5. The van der Waals surface area contributed by atoms with Crippen LogP contribution in [0.1, 0.15) is 40.5 Å². The van der Waals surface area contributed by atoms with E-state index < -0.39 is 10.2 Å². The van der Waals surface area contributed by atoms with Gasteiger partial charge in [0.1, 0.15) is 0 Å². The second-order valence-electron chi connectivity index (χ2n) is 7.02. The Morgan fingerprint density at radius 1 is 1.18 bits per heavy atom. The Balaban J connectivity index is 1.85. The van der Waals surface area contributed by atoms with Gasteiger partial charge in [0.25, 0.3) is 10.2 Å². The Hall–Kier alpha value is -0.210. The molecule has 6 nitrogen and oxygen atoms in total. The van der Waals surface area contributed by atoms with Gasteiger partial charge in [-0.1, -0.05) is 6.92 Å². The van der Waals surface area contributed by atoms with Crippen LogP contribution in [0, 0.1) is 5.92 Å². The van der Waals surface area contributed by atoms with Gasteiger partial charge in [0.05, 0.1) is 12.2 Å². The number of hydrogen-bond acceptors (Lipinski definition) is 4. The molecule has 0 bridgehead atoms. The molecule has 0 aliphatic carbocycles. The summed E-state index contributed by atoms with van der Waals surface area (Å²) in [5.41, 5.74) is 0. The third kappa shape index (κ3) is 4.89. The fourth-order valence-corrected chi connectivity index (χ4v) is 4.84. The van der Waals surface area contributed by atoms with Crippen molar-refractivity contribution < 1.29 is 13.2 Å². The molecule has 7 heteroatoms. The predicted octanol–water partition coefficient (Wildman–Crippen LogP) is 1.05. The van der Waals surface area contributed by atoms with E-state index >= 15 is 0 Å². The van der Waals surface area contributed by atoms with Crippen molar-refractivity contribution in [1.82, 2.24) is 13.9 Å². The summed E-state index contributed by atoms with van der Waals surface area (Å²) in [6.45, 7) is 11.7. The molecule has 0 saturated carbocycles. The quantitative estimate of drug-likeness (QED) is 0.817. The summed E-state index contributed by atoms with van der Waals surface area (Å²) in [6, 6.07) is 0.172. The van der Waals surface area contributed by atoms with Gasteiger partial charge in [-0.2, -0.15) is 12.7 Å². The third-order valence-corrected chi connectivity index (χ3v) is 6.13. The zero-order valence-corrected chi connectivity index (χ0v) is 15.1. The fraction of sp³-hybridized carbons (Fsp3) is 1.00. The highest BCUT2D eigenvalue weighted by atomic mass is 32.2. The Labute approximate surface area is 135 Å². The number of ether oxygens (including phenoxy) is 1. The molecule has 2 heterocycles. The minimum absolute atomic E-state index is 0.172. The second kappa shape index (κ2) is 7.57. The van der Waals surface area contributed by atoms with Crippen molar-refractivity contribution in [2.75, 3.05) is 32.7 Å². The smallest absolute Gasteiger partial charge is 0.279 e. The summed E-state index contributed by atoms with van der Waals surface area (Å²) >= 11 is 0. The van der Waals surface area contributed by atoms with Gasteiger partial charge >= 0.3 is 0 Å². The van der Waals surface area contributed by atoms with Crippen molar-refractivity contribution in [1.29, 1.82) is 0 Å². The fourth-order valence-electron chi connectivity index (χ4n) is 3.39. The second-order valence-corrected chi connectivity index (χ2v) is 8.77. The highest BCUT2D eigenvalue weighted by Gasteiger charge is 2.29. The van der Waals surface area contributed by atoms with Gasteiger partial charge in [-0.3, -0.25) is 4.90 Å². The molecule has 0 unspecified atom stereocenters. The predicted molar refractivity (Wildman–Crippen MR) is 87.9 cm³/mol. The monoisotopic (exact) mass is 333 g/mol. The molecule has 0 radical (unpaired) electrons. The Kier molecular flexibility index (Phi) is 6.24. The van der Waals surface area contributed by atoms with E-state index in [1.54, 1.807) is 4.31 Å². The van der Waals surface area contributed by atoms with Crippen LogP contribution in [0.2, 0.25) is 0 Å². The highest BCUT2D eigenvalue weighted by Crippen LogP contribution is 2.18. The molecule has 4 atom stereocenters. The van der Waals surface area contributed by atoms with Crippen molar-refractivity contribution in [2.45, 2.75) is 58.8 Å². The maximum absolute atomic E-state index is 12.4. The lowest BCUT2D eigenvalue weighted by atomic mass is 10.0. The maximum atomic E-state index is 12.4. The number of nitrogens with zero attached hydrogens (tertiary/aromatic N) is 2. The zero-order chi connectivity index (χ0) is 16.3. The van der Waals surface area contributed by atoms with E-state index in [9.17, 15) is 8.42 Å². The lowest BCUT2D eigenvalue weighted by molar-refractivity contribution is -0.0776. The molecule has 0 aromatic carbocycles. The van der Waals surface area contributed by atoms with E-state index in [0.29, 0.717) is 25.6 Å². The number of piperidine rings is 1.